The van der Waals surface area contributed by atoms with Gasteiger partial charge in [0.2, 0.25) is 5.95 Å². The lowest BCUT2D eigenvalue weighted by atomic mass is 9.82. The number of Topliss-reactive ketones (excluding diaryl/α,β-unsaturated/α-hetero) is 1. The average Bonchev–Trinajstić information content (AvgIpc) is 2.63. The Hall–Kier alpha value is -3.01. The van der Waals surface area contributed by atoms with E-state index >= 15 is 0 Å². The lowest BCUT2D eigenvalue weighted by Crippen LogP contribution is -2.21. The number of ketones is 1. The van der Waals surface area contributed by atoms with Crippen LogP contribution < -0.4 is 5.32 Å². The van der Waals surface area contributed by atoms with Crippen LogP contribution in [0.3, 0.4) is 0 Å². The van der Waals surface area contributed by atoms with E-state index < -0.39 is 0 Å². The summed E-state index contributed by atoms with van der Waals surface area (Å²) < 4.78 is 0. The predicted molar refractivity (Wildman–Crippen MR) is 103 cm³/mol. The van der Waals surface area contributed by atoms with Gasteiger partial charge in [-0.25, -0.2) is 9.97 Å². The van der Waals surface area contributed by atoms with Gasteiger partial charge in [0.05, 0.1) is 11.3 Å². The van der Waals surface area contributed by atoms with Crippen LogP contribution in [0, 0.1) is 13.8 Å². The molecule has 1 aliphatic rings. The molecule has 0 amide bonds. The highest BCUT2D eigenvalue weighted by Crippen LogP contribution is 2.32. The molecule has 26 heavy (non-hydrogen) atoms. The number of anilines is 2. The molecule has 0 aliphatic heterocycles. The molecule has 3 aromatic rings. The highest BCUT2D eigenvalue weighted by Gasteiger charge is 2.28. The Morgan fingerprint density at radius 1 is 1.00 bits per heavy atom. The third-order valence-electron chi connectivity index (χ3n) is 4.86. The summed E-state index contributed by atoms with van der Waals surface area (Å²) in [5, 5.41) is 3.23. The number of hydrogen-bond acceptors (Lipinski definition) is 4. The molecule has 0 radical (unpaired) electrons. The molecule has 1 aliphatic carbocycles. The molecule has 4 heteroatoms. The number of benzene rings is 2. The van der Waals surface area contributed by atoms with Crippen molar-refractivity contribution in [3.63, 3.8) is 0 Å². The summed E-state index contributed by atoms with van der Waals surface area (Å²) in [7, 11) is 0. The van der Waals surface area contributed by atoms with Crippen molar-refractivity contribution in [3.8, 4) is 0 Å². The van der Waals surface area contributed by atoms with Crippen molar-refractivity contribution in [2.24, 2.45) is 0 Å². The topological polar surface area (TPSA) is 54.9 Å². The molecule has 130 valence electrons. The van der Waals surface area contributed by atoms with Crippen LogP contribution in [0.1, 0.15) is 45.1 Å². The molecule has 1 atom stereocenters. The average molecular weight is 343 g/mol. The molecular formula is C22H21N3O. The number of nitrogens with zero attached hydrogens (tertiary/aromatic N) is 2. The van der Waals surface area contributed by atoms with E-state index in [-0.39, 0.29) is 11.7 Å². The Kier molecular flexibility index (Phi) is 4.25. The second-order valence-electron chi connectivity index (χ2n) is 6.99. The number of nitrogens with one attached hydrogen (secondary N) is 1. The van der Waals surface area contributed by atoms with Crippen LogP contribution in [0.5, 0.6) is 0 Å². The van der Waals surface area contributed by atoms with Crippen molar-refractivity contribution in [3.05, 3.63) is 82.7 Å². The molecule has 0 saturated carbocycles. The first-order valence-electron chi connectivity index (χ1n) is 8.88. The van der Waals surface area contributed by atoms with Gasteiger partial charge in [-0.1, -0.05) is 47.5 Å². The van der Waals surface area contributed by atoms with Crippen molar-refractivity contribution in [2.45, 2.75) is 32.6 Å². The monoisotopic (exact) mass is 343 g/mol. The lowest BCUT2D eigenvalue weighted by Gasteiger charge is -2.23. The first-order chi connectivity index (χ1) is 12.6. The van der Waals surface area contributed by atoms with Crippen molar-refractivity contribution >= 4 is 17.4 Å². The van der Waals surface area contributed by atoms with E-state index in [0.29, 0.717) is 17.9 Å². The molecular weight excluding hydrogens is 322 g/mol. The maximum atomic E-state index is 12.6. The highest BCUT2D eigenvalue weighted by atomic mass is 16.1. The summed E-state index contributed by atoms with van der Waals surface area (Å²) in [6.07, 6.45) is 2.94. The maximum Gasteiger partial charge on any atom is 0.227 e. The second kappa shape index (κ2) is 6.71. The van der Waals surface area contributed by atoms with Crippen molar-refractivity contribution in [1.82, 2.24) is 9.97 Å². The van der Waals surface area contributed by atoms with Crippen LogP contribution in [-0.4, -0.2) is 15.8 Å². The van der Waals surface area contributed by atoms with Gasteiger partial charge in [-0.05, 0) is 43.9 Å². The summed E-state index contributed by atoms with van der Waals surface area (Å²) >= 11 is 0. The minimum Gasteiger partial charge on any atom is -0.324 e. The molecule has 2 aromatic carbocycles. The van der Waals surface area contributed by atoms with Crippen LogP contribution in [-0.2, 0) is 6.42 Å². The van der Waals surface area contributed by atoms with Gasteiger partial charge < -0.3 is 5.32 Å². The number of fused-ring (bicyclic) bond motifs is 1. The number of aryl methyl sites for hydroxylation is 2. The van der Waals surface area contributed by atoms with E-state index in [9.17, 15) is 4.79 Å². The third-order valence-corrected chi connectivity index (χ3v) is 4.86. The summed E-state index contributed by atoms with van der Waals surface area (Å²) in [5.41, 5.74) is 6.04. The first kappa shape index (κ1) is 16.5. The fraction of sp³-hybridized carbons (Fsp3) is 0.227. The Morgan fingerprint density at radius 3 is 2.58 bits per heavy atom. The van der Waals surface area contributed by atoms with Crippen LogP contribution in [0.15, 0.2) is 54.7 Å². The molecule has 1 unspecified atom stereocenters. The fourth-order valence-electron chi connectivity index (χ4n) is 3.43. The van der Waals surface area contributed by atoms with Crippen LogP contribution in [0.2, 0.25) is 0 Å². The SMILES string of the molecule is Cc1ccc(Nc2ncc3c(n2)CC(c2cccc(C)c2)CC3=O)cc1. The van der Waals surface area contributed by atoms with Crippen LogP contribution in [0.4, 0.5) is 11.6 Å². The zero-order valence-electron chi connectivity index (χ0n) is 15.0. The van der Waals surface area contributed by atoms with Gasteiger partial charge in [-0.3, -0.25) is 4.79 Å². The lowest BCUT2D eigenvalue weighted by molar-refractivity contribution is 0.0962. The zero-order valence-corrected chi connectivity index (χ0v) is 15.0. The van der Waals surface area contributed by atoms with E-state index in [1.165, 1.54) is 16.7 Å². The van der Waals surface area contributed by atoms with Gasteiger partial charge in [0, 0.05) is 18.3 Å². The summed E-state index contributed by atoms with van der Waals surface area (Å²) in [5.74, 6) is 0.835. The summed E-state index contributed by atoms with van der Waals surface area (Å²) in [6, 6.07) is 16.5. The maximum absolute atomic E-state index is 12.6. The third kappa shape index (κ3) is 3.36. The van der Waals surface area contributed by atoms with E-state index in [2.05, 4.69) is 53.4 Å². The van der Waals surface area contributed by atoms with Crippen molar-refractivity contribution in [2.75, 3.05) is 5.32 Å². The molecule has 4 nitrogen and oxygen atoms in total. The van der Waals surface area contributed by atoms with Gasteiger partial charge in [0.15, 0.2) is 5.78 Å². The normalized spacial score (nSPS) is 16.2. The van der Waals surface area contributed by atoms with E-state index in [4.69, 9.17) is 0 Å². The predicted octanol–water partition coefficient (Wildman–Crippen LogP) is 4.75. The van der Waals surface area contributed by atoms with E-state index in [1.54, 1.807) is 6.20 Å². The molecule has 0 fully saturated rings. The Labute approximate surface area is 153 Å². The molecule has 1 aromatic heterocycles. The van der Waals surface area contributed by atoms with Gasteiger partial charge in [-0.15, -0.1) is 0 Å². The minimum absolute atomic E-state index is 0.125. The molecule has 0 bridgehead atoms. The molecule has 1 heterocycles. The van der Waals surface area contributed by atoms with E-state index in [0.717, 1.165) is 17.8 Å². The quantitative estimate of drug-likeness (QED) is 0.745. The van der Waals surface area contributed by atoms with Gasteiger partial charge in [0.1, 0.15) is 0 Å². The Bertz CT molecular complexity index is 963. The standard InChI is InChI=1S/C22H21N3O/c1-14-6-8-18(9-7-14)24-22-23-13-19-20(25-22)11-17(12-21(19)26)16-5-3-4-15(2)10-16/h3-10,13,17H,11-12H2,1-2H3,(H,23,24,25). The van der Waals surface area contributed by atoms with Crippen molar-refractivity contribution < 1.29 is 4.79 Å². The smallest absolute Gasteiger partial charge is 0.227 e. The van der Waals surface area contributed by atoms with Gasteiger partial charge >= 0.3 is 0 Å². The number of rotatable bonds is 3. The minimum atomic E-state index is 0.125. The summed E-state index contributed by atoms with van der Waals surface area (Å²) in [4.78, 5) is 21.5. The largest absolute Gasteiger partial charge is 0.324 e. The molecule has 0 saturated heterocycles. The highest BCUT2D eigenvalue weighted by molar-refractivity contribution is 5.98. The van der Waals surface area contributed by atoms with Crippen LogP contribution in [0.25, 0.3) is 0 Å². The second-order valence-corrected chi connectivity index (χ2v) is 6.99. The van der Waals surface area contributed by atoms with Gasteiger partial charge in [-0.2, -0.15) is 0 Å². The van der Waals surface area contributed by atoms with Crippen molar-refractivity contribution in [1.29, 1.82) is 0 Å². The summed E-state index contributed by atoms with van der Waals surface area (Å²) in [6.45, 7) is 4.13. The van der Waals surface area contributed by atoms with Gasteiger partial charge in [0.25, 0.3) is 0 Å². The number of aromatic nitrogens is 2. The zero-order chi connectivity index (χ0) is 18.1. The first-order valence-corrected chi connectivity index (χ1v) is 8.88. The Balaban J connectivity index is 1.61. The van der Waals surface area contributed by atoms with Crippen LogP contribution >= 0.6 is 0 Å². The number of carbonyl (C=O) groups is 1. The molecule has 4 rings (SSSR count). The molecule has 0 spiro atoms. The number of carbonyl (C=O) groups excluding carboxylic acids is 1. The fourth-order valence-corrected chi connectivity index (χ4v) is 3.43. The van der Waals surface area contributed by atoms with E-state index in [1.807, 2.05) is 24.3 Å². The number of hydrogen-bond donors (Lipinski definition) is 1. The molecule has 1 N–H and O–H groups in total. The Morgan fingerprint density at radius 2 is 1.81 bits per heavy atom.